The Morgan fingerprint density at radius 2 is 1.12 bits per heavy atom. The van der Waals surface area contributed by atoms with Gasteiger partial charge in [-0.25, -0.2) is 0 Å². The molecule has 1 aliphatic rings. The van der Waals surface area contributed by atoms with Gasteiger partial charge in [0.2, 0.25) is 0 Å². The third kappa shape index (κ3) is 11.2. The molecule has 3 aromatic carbocycles. The Morgan fingerprint density at radius 1 is 0.667 bits per heavy atom. The van der Waals surface area contributed by atoms with Crippen LogP contribution in [0.15, 0.2) is 91.0 Å². The van der Waals surface area contributed by atoms with Crippen LogP contribution in [0.4, 0.5) is 0 Å². The predicted molar refractivity (Wildman–Crippen MR) is 193 cm³/mol. The second kappa shape index (κ2) is 18.2. The molecule has 5 atom stereocenters. The van der Waals surface area contributed by atoms with Gasteiger partial charge < -0.3 is 32.4 Å². The molecule has 8 nitrogen and oxygen atoms in total. The summed E-state index contributed by atoms with van der Waals surface area (Å²) in [6.45, 7) is 16.5. The topological polar surface area (TPSA) is 81.7 Å². The summed E-state index contributed by atoms with van der Waals surface area (Å²) in [7, 11) is -5.97. The molecule has 2 unspecified atom stereocenters. The zero-order valence-electron chi connectivity index (χ0n) is 29.7. The Morgan fingerprint density at radius 3 is 1.58 bits per heavy atom. The van der Waals surface area contributed by atoms with Crippen LogP contribution in [0, 0.1) is 0 Å². The Bertz CT molecular complexity index is 1380. The normalized spacial score (nSPS) is 22.1. The van der Waals surface area contributed by atoms with Crippen molar-refractivity contribution >= 4 is 15.9 Å². The zero-order valence-corrected chi connectivity index (χ0v) is 31.6. The molecular weight excluding hydrogens is 643 g/mol. The van der Waals surface area contributed by atoms with Crippen LogP contribution in [0.3, 0.4) is 0 Å². The van der Waals surface area contributed by atoms with Gasteiger partial charge in [-0.2, -0.15) is 0 Å². The lowest BCUT2D eigenvalue weighted by molar-refractivity contribution is -0.253. The van der Waals surface area contributed by atoms with Gasteiger partial charge in [0.25, 0.3) is 0 Å². The Hall–Kier alpha value is -2.17. The van der Waals surface area contributed by atoms with E-state index in [2.05, 4.69) is 33.9 Å². The second-order valence-electron chi connectivity index (χ2n) is 13.7. The van der Waals surface area contributed by atoms with Crippen LogP contribution in [0.2, 0.25) is 18.1 Å². The van der Waals surface area contributed by atoms with Crippen LogP contribution in [0.25, 0.3) is 0 Å². The average Bonchev–Trinajstić information content (AvgIpc) is 3.05. The molecule has 0 bridgehead atoms. The van der Waals surface area contributed by atoms with Gasteiger partial charge in [0, 0.05) is 0 Å². The van der Waals surface area contributed by atoms with Crippen LogP contribution in [-0.4, -0.2) is 64.8 Å². The summed E-state index contributed by atoms with van der Waals surface area (Å²) < 4.78 is 59.7. The van der Waals surface area contributed by atoms with Crippen molar-refractivity contribution in [3.8, 4) is 0 Å². The van der Waals surface area contributed by atoms with Crippen molar-refractivity contribution in [1.29, 1.82) is 0 Å². The maximum Gasteiger partial charge on any atom is 0.333 e. The van der Waals surface area contributed by atoms with Crippen molar-refractivity contribution in [3.63, 3.8) is 0 Å². The fourth-order valence-electron chi connectivity index (χ4n) is 5.48. The molecule has 0 aliphatic carbocycles. The van der Waals surface area contributed by atoms with Crippen LogP contribution < -0.4 is 0 Å². The molecule has 0 spiro atoms. The Balaban J connectivity index is 1.75. The van der Waals surface area contributed by atoms with Crippen molar-refractivity contribution < 1.29 is 37.0 Å². The minimum atomic E-state index is -3.54. The van der Waals surface area contributed by atoms with Crippen molar-refractivity contribution in [2.45, 2.75) is 103 Å². The zero-order chi connectivity index (χ0) is 34.6. The lowest BCUT2D eigenvalue weighted by atomic mass is 9.95. The Labute approximate surface area is 289 Å². The van der Waals surface area contributed by atoms with Crippen molar-refractivity contribution in [1.82, 2.24) is 0 Å². The van der Waals surface area contributed by atoms with E-state index in [-0.39, 0.29) is 31.0 Å². The highest BCUT2D eigenvalue weighted by Crippen LogP contribution is 2.51. The molecule has 0 radical (unpaired) electrons. The van der Waals surface area contributed by atoms with E-state index >= 15 is 0 Å². The number of hydrogen-bond acceptors (Lipinski definition) is 8. The lowest BCUT2D eigenvalue weighted by Crippen LogP contribution is -2.64. The number of ether oxygens (including phenoxy) is 4. The van der Waals surface area contributed by atoms with Gasteiger partial charge in [-0.1, -0.05) is 112 Å². The van der Waals surface area contributed by atoms with Gasteiger partial charge in [0.1, 0.15) is 24.4 Å². The molecule has 48 heavy (non-hydrogen) atoms. The predicted octanol–water partition coefficient (Wildman–Crippen LogP) is 8.80. The van der Waals surface area contributed by atoms with E-state index in [1.165, 1.54) is 0 Å². The summed E-state index contributed by atoms with van der Waals surface area (Å²) in [5, 5.41) is -0.110. The minimum absolute atomic E-state index is 0.0136. The van der Waals surface area contributed by atoms with Gasteiger partial charge in [-0.05, 0) is 48.7 Å². The fourth-order valence-corrected chi connectivity index (χ4v) is 8.61. The summed E-state index contributed by atoms with van der Waals surface area (Å²) in [6, 6.07) is 30.2. The summed E-state index contributed by atoms with van der Waals surface area (Å²) >= 11 is 0. The van der Waals surface area contributed by atoms with E-state index in [1.54, 1.807) is 0 Å². The molecule has 0 saturated carbocycles. The first-order valence-corrected chi connectivity index (χ1v) is 21.7. The van der Waals surface area contributed by atoms with Crippen molar-refractivity contribution in [2.24, 2.45) is 0 Å². The molecule has 264 valence electrons. The molecule has 0 amide bonds. The maximum atomic E-state index is 14.1. The quantitative estimate of drug-likeness (QED) is 0.0964. The molecule has 4 rings (SSSR count). The molecule has 10 heteroatoms. The van der Waals surface area contributed by atoms with Crippen molar-refractivity contribution in [2.75, 3.05) is 26.0 Å². The van der Waals surface area contributed by atoms with Crippen molar-refractivity contribution in [3.05, 3.63) is 108 Å². The summed E-state index contributed by atoms with van der Waals surface area (Å²) in [5.41, 5.74) is 3.11. The highest BCUT2D eigenvalue weighted by molar-refractivity contribution is 7.53. The summed E-state index contributed by atoms with van der Waals surface area (Å²) in [6.07, 6.45) is -2.97. The van der Waals surface area contributed by atoms with E-state index in [9.17, 15) is 4.57 Å². The first-order valence-electron chi connectivity index (χ1n) is 17.1. The SMILES string of the molecule is CCOP(=O)(C[C@H]1OC(COCc2ccccc2)[C@@H](OCc2ccccc2)[C@@H](OCc2ccccc2)C1O[Si](C)(C)C(C)(C)C)OCC. The monoisotopic (exact) mass is 698 g/mol. The van der Waals surface area contributed by atoms with Crippen LogP contribution in [-0.2, 0) is 56.8 Å². The molecule has 1 saturated heterocycles. The Kier molecular flexibility index (Phi) is 14.6. The number of benzene rings is 3. The van der Waals surface area contributed by atoms with Crippen LogP contribution >= 0.6 is 7.60 Å². The average molecular weight is 699 g/mol. The first-order chi connectivity index (χ1) is 22.9. The van der Waals surface area contributed by atoms with E-state index in [0.717, 1.165) is 16.7 Å². The highest BCUT2D eigenvalue weighted by Gasteiger charge is 2.53. The molecule has 1 aliphatic heterocycles. The third-order valence-electron chi connectivity index (χ3n) is 8.99. The van der Waals surface area contributed by atoms with Crippen LogP contribution in [0.1, 0.15) is 51.3 Å². The third-order valence-corrected chi connectivity index (χ3v) is 15.6. The standard InChI is InChI=1S/C38H55O8PSi/c1-8-43-47(39,44-9-2)29-34-36(46-48(6,7)38(3,4)5)37(42-27-32-23-17-12-18-24-32)35(41-26-31-21-15-11-16-22-31)33(45-34)28-40-25-30-19-13-10-14-20-30/h10-24,33-37H,8-9,25-29H2,1-7H3/t33?,34-,35-,36?,37-/m1/s1. The van der Waals surface area contributed by atoms with E-state index in [0.29, 0.717) is 19.8 Å². The molecule has 0 aromatic heterocycles. The highest BCUT2D eigenvalue weighted by atomic mass is 31.2. The molecular formula is C38H55O8PSi. The minimum Gasteiger partial charge on any atom is -0.408 e. The lowest BCUT2D eigenvalue weighted by Gasteiger charge is -2.50. The van der Waals surface area contributed by atoms with Gasteiger partial charge in [-0.15, -0.1) is 0 Å². The van der Waals surface area contributed by atoms with Gasteiger partial charge in [0.05, 0.1) is 51.9 Å². The largest absolute Gasteiger partial charge is 0.408 e. The van der Waals surface area contributed by atoms with Gasteiger partial charge in [0.15, 0.2) is 8.32 Å². The fraction of sp³-hybridized carbons (Fsp3) is 0.526. The number of hydrogen-bond donors (Lipinski definition) is 0. The first kappa shape index (κ1) is 38.6. The molecule has 1 fully saturated rings. The van der Waals surface area contributed by atoms with Gasteiger partial charge >= 0.3 is 7.60 Å². The van der Waals surface area contributed by atoms with E-state index in [4.69, 9.17) is 32.4 Å². The molecule has 3 aromatic rings. The summed E-state index contributed by atoms with van der Waals surface area (Å²) in [4.78, 5) is 0. The maximum absolute atomic E-state index is 14.1. The summed E-state index contributed by atoms with van der Waals surface area (Å²) in [5.74, 6) is 0. The number of rotatable bonds is 18. The van der Waals surface area contributed by atoms with E-state index in [1.807, 2.05) is 105 Å². The van der Waals surface area contributed by atoms with Crippen LogP contribution in [0.5, 0.6) is 0 Å². The smallest absolute Gasteiger partial charge is 0.333 e. The van der Waals surface area contributed by atoms with Gasteiger partial charge in [-0.3, -0.25) is 4.57 Å². The molecule has 1 heterocycles. The molecule has 0 N–H and O–H groups in total. The second-order valence-corrected chi connectivity index (χ2v) is 20.6. The van der Waals surface area contributed by atoms with E-state index < -0.39 is 46.4 Å².